The van der Waals surface area contributed by atoms with E-state index in [-0.39, 0.29) is 24.2 Å². The molecule has 0 saturated heterocycles. The second-order valence-electron chi connectivity index (χ2n) is 5.15. The number of carbonyl (C=O) groups excluding carboxylic acids is 1. The number of nitrogens with one attached hydrogen (secondary N) is 1. The van der Waals surface area contributed by atoms with E-state index in [2.05, 4.69) is 15.3 Å². The number of aromatic nitrogens is 2. The van der Waals surface area contributed by atoms with Gasteiger partial charge in [0.15, 0.2) is 0 Å². The smallest absolute Gasteiger partial charge is 0.251 e. The minimum atomic E-state index is -0.338. The summed E-state index contributed by atoms with van der Waals surface area (Å²) in [7, 11) is 0. The Balaban J connectivity index is 1.69. The van der Waals surface area contributed by atoms with Crippen molar-refractivity contribution in [1.82, 2.24) is 15.3 Å². The Morgan fingerprint density at radius 2 is 1.83 bits per heavy atom. The quantitative estimate of drug-likeness (QED) is 0.774. The second kappa shape index (κ2) is 6.87. The first-order chi connectivity index (χ1) is 11.6. The number of amides is 1. The zero-order valence-corrected chi connectivity index (χ0v) is 12.7. The van der Waals surface area contributed by atoms with Crippen LogP contribution in [0, 0.1) is 5.82 Å². The molecule has 0 spiro atoms. The molecule has 120 valence electrons. The molecule has 6 heteroatoms. The van der Waals surface area contributed by atoms with E-state index in [0.29, 0.717) is 16.8 Å². The van der Waals surface area contributed by atoms with E-state index in [1.807, 2.05) is 0 Å². The van der Waals surface area contributed by atoms with Crippen LogP contribution in [0.25, 0.3) is 11.3 Å². The van der Waals surface area contributed by atoms with Crippen LogP contribution in [0.4, 0.5) is 10.3 Å². The van der Waals surface area contributed by atoms with Gasteiger partial charge >= 0.3 is 0 Å². The highest BCUT2D eigenvalue weighted by Crippen LogP contribution is 2.17. The van der Waals surface area contributed by atoms with E-state index in [1.54, 1.807) is 54.7 Å². The van der Waals surface area contributed by atoms with Crippen LogP contribution in [-0.2, 0) is 6.54 Å². The van der Waals surface area contributed by atoms with Crippen LogP contribution in [0.5, 0.6) is 0 Å². The summed E-state index contributed by atoms with van der Waals surface area (Å²) in [6.07, 6.45) is 1.58. The maximum atomic E-state index is 13.5. The third-order valence-electron chi connectivity index (χ3n) is 3.51. The van der Waals surface area contributed by atoms with Crippen molar-refractivity contribution in [3.63, 3.8) is 0 Å². The van der Waals surface area contributed by atoms with Gasteiger partial charge in [0, 0.05) is 29.4 Å². The molecule has 0 radical (unpaired) electrons. The highest BCUT2D eigenvalue weighted by Gasteiger charge is 2.08. The number of nitrogen functional groups attached to an aromatic ring is 1. The molecule has 0 fully saturated rings. The zero-order chi connectivity index (χ0) is 16.9. The van der Waals surface area contributed by atoms with Gasteiger partial charge in [-0.15, -0.1) is 0 Å². The fourth-order valence-corrected chi connectivity index (χ4v) is 2.25. The van der Waals surface area contributed by atoms with Crippen molar-refractivity contribution < 1.29 is 9.18 Å². The van der Waals surface area contributed by atoms with Crippen LogP contribution in [0.1, 0.15) is 15.9 Å². The number of carbonyl (C=O) groups is 1. The molecule has 2 aromatic carbocycles. The summed E-state index contributed by atoms with van der Waals surface area (Å²) < 4.78 is 13.5. The number of benzene rings is 2. The average Bonchev–Trinajstić information content (AvgIpc) is 2.61. The molecular weight excluding hydrogens is 307 g/mol. The molecule has 24 heavy (non-hydrogen) atoms. The van der Waals surface area contributed by atoms with Crippen molar-refractivity contribution in [1.29, 1.82) is 0 Å². The predicted molar refractivity (Wildman–Crippen MR) is 89.5 cm³/mol. The summed E-state index contributed by atoms with van der Waals surface area (Å²) in [5, 5.41) is 2.70. The topological polar surface area (TPSA) is 80.9 Å². The van der Waals surface area contributed by atoms with Crippen molar-refractivity contribution in [3.05, 3.63) is 77.7 Å². The molecule has 3 N–H and O–H groups in total. The summed E-state index contributed by atoms with van der Waals surface area (Å²) in [5.41, 5.74) is 8.00. The number of hydrogen-bond acceptors (Lipinski definition) is 4. The summed E-state index contributed by atoms with van der Waals surface area (Å²) in [4.78, 5) is 20.1. The lowest BCUT2D eigenvalue weighted by Gasteiger charge is -2.07. The molecule has 0 atom stereocenters. The molecule has 0 bridgehead atoms. The van der Waals surface area contributed by atoms with Gasteiger partial charge < -0.3 is 11.1 Å². The molecule has 1 amide bonds. The highest BCUT2D eigenvalue weighted by molar-refractivity contribution is 5.94. The second-order valence-corrected chi connectivity index (χ2v) is 5.15. The molecule has 1 heterocycles. The van der Waals surface area contributed by atoms with E-state index >= 15 is 0 Å². The molecule has 0 aliphatic heterocycles. The van der Waals surface area contributed by atoms with Crippen molar-refractivity contribution in [2.45, 2.75) is 6.54 Å². The highest BCUT2D eigenvalue weighted by atomic mass is 19.1. The number of nitrogens with two attached hydrogens (primary N) is 1. The van der Waals surface area contributed by atoms with Gasteiger partial charge in [-0.2, -0.15) is 0 Å². The third kappa shape index (κ3) is 3.55. The van der Waals surface area contributed by atoms with Crippen molar-refractivity contribution in [2.75, 3.05) is 5.73 Å². The summed E-state index contributed by atoms with van der Waals surface area (Å²) in [5.74, 6) is -0.416. The number of halogens is 1. The molecular formula is C18H15FN4O. The third-order valence-corrected chi connectivity index (χ3v) is 3.51. The number of nitrogens with zero attached hydrogens (tertiary/aromatic N) is 2. The van der Waals surface area contributed by atoms with E-state index < -0.39 is 0 Å². The van der Waals surface area contributed by atoms with E-state index in [0.717, 1.165) is 5.56 Å². The molecule has 0 unspecified atom stereocenters. The maximum absolute atomic E-state index is 13.5. The van der Waals surface area contributed by atoms with Gasteiger partial charge in [0.1, 0.15) is 5.82 Å². The van der Waals surface area contributed by atoms with Crippen molar-refractivity contribution in [2.24, 2.45) is 0 Å². The van der Waals surface area contributed by atoms with E-state index in [9.17, 15) is 9.18 Å². The van der Waals surface area contributed by atoms with Crippen LogP contribution in [0.3, 0.4) is 0 Å². The van der Waals surface area contributed by atoms with E-state index in [4.69, 9.17) is 5.73 Å². The van der Waals surface area contributed by atoms with Gasteiger partial charge in [-0.3, -0.25) is 4.79 Å². The minimum absolute atomic E-state index is 0.135. The van der Waals surface area contributed by atoms with Gasteiger partial charge in [0.2, 0.25) is 5.95 Å². The summed E-state index contributed by atoms with van der Waals surface area (Å²) in [6, 6.07) is 15.0. The first-order valence-electron chi connectivity index (χ1n) is 7.34. The van der Waals surface area contributed by atoms with E-state index in [1.165, 1.54) is 6.07 Å². The Hall–Kier alpha value is -3.28. The van der Waals surface area contributed by atoms with Crippen LogP contribution in [0.15, 0.2) is 60.8 Å². The summed E-state index contributed by atoms with van der Waals surface area (Å²) >= 11 is 0. The number of rotatable bonds is 4. The monoisotopic (exact) mass is 322 g/mol. The predicted octanol–water partition coefficient (Wildman–Crippen LogP) is 2.79. The number of hydrogen-bond donors (Lipinski definition) is 2. The molecule has 3 rings (SSSR count). The van der Waals surface area contributed by atoms with Gasteiger partial charge in [-0.1, -0.05) is 30.3 Å². The molecule has 5 nitrogen and oxygen atoms in total. The van der Waals surface area contributed by atoms with Gasteiger partial charge in [-0.25, -0.2) is 14.4 Å². The lowest BCUT2D eigenvalue weighted by molar-refractivity contribution is 0.0950. The first-order valence-corrected chi connectivity index (χ1v) is 7.34. The van der Waals surface area contributed by atoms with Crippen LogP contribution >= 0.6 is 0 Å². The Labute approximate surface area is 138 Å². The largest absolute Gasteiger partial charge is 0.368 e. The van der Waals surface area contributed by atoms with Gasteiger partial charge in [0.05, 0.1) is 5.69 Å². The minimum Gasteiger partial charge on any atom is -0.368 e. The van der Waals surface area contributed by atoms with Crippen LogP contribution in [0.2, 0.25) is 0 Å². The fraction of sp³-hybridized carbons (Fsp3) is 0.0556. The normalized spacial score (nSPS) is 10.4. The van der Waals surface area contributed by atoms with Gasteiger partial charge in [-0.05, 0) is 24.3 Å². The summed E-state index contributed by atoms with van der Waals surface area (Å²) in [6.45, 7) is 0.135. The Bertz CT molecular complexity index is 865. The van der Waals surface area contributed by atoms with Gasteiger partial charge in [0.25, 0.3) is 5.91 Å². The van der Waals surface area contributed by atoms with Crippen molar-refractivity contribution >= 4 is 11.9 Å². The molecule has 3 aromatic rings. The standard InChI is InChI=1S/C18H15FN4O/c19-15-4-2-1-3-14(15)11-22-17(24)13-7-5-12(6-8-13)16-9-10-21-18(20)23-16/h1-10H,11H2,(H,22,24)(H2,20,21,23). The van der Waals surface area contributed by atoms with Crippen LogP contribution < -0.4 is 11.1 Å². The maximum Gasteiger partial charge on any atom is 0.251 e. The average molecular weight is 322 g/mol. The Morgan fingerprint density at radius 3 is 2.54 bits per heavy atom. The Kier molecular flexibility index (Phi) is 4.47. The number of anilines is 1. The Morgan fingerprint density at radius 1 is 1.08 bits per heavy atom. The lowest BCUT2D eigenvalue weighted by Crippen LogP contribution is -2.23. The fourth-order valence-electron chi connectivity index (χ4n) is 2.25. The molecule has 0 aliphatic carbocycles. The lowest BCUT2D eigenvalue weighted by atomic mass is 10.1. The van der Waals surface area contributed by atoms with Crippen LogP contribution in [-0.4, -0.2) is 15.9 Å². The first kappa shape index (κ1) is 15.6. The SMILES string of the molecule is Nc1nccc(-c2ccc(C(=O)NCc3ccccc3F)cc2)n1. The van der Waals surface area contributed by atoms with Crippen molar-refractivity contribution in [3.8, 4) is 11.3 Å². The molecule has 0 aliphatic rings. The molecule has 0 saturated carbocycles. The molecule has 1 aromatic heterocycles. The zero-order valence-electron chi connectivity index (χ0n) is 12.7.